The van der Waals surface area contributed by atoms with Gasteiger partial charge in [-0.05, 0) is 53.5 Å². The Bertz CT molecular complexity index is 1280. The lowest BCUT2D eigenvalue weighted by Gasteiger charge is -2.37. The molecule has 0 bridgehead atoms. The zero-order valence-corrected chi connectivity index (χ0v) is 18.9. The van der Waals surface area contributed by atoms with Crippen LogP contribution in [0.15, 0.2) is 97.4 Å². The minimum Gasteiger partial charge on any atom is -0.380 e. The zero-order chi connectivity index (χ0) is 23.2. The molecule has 3 aromatic rings. The first-order valence-electron chi connectivity index (χ1n) is 11.3. The summed E-state index contributed by atoms with van der Waals surface area (Å²) in [5, 5.41) is 17.7. The average molecular weight is 442 g/mol. The van der Waals surface area contributed by atoms with Crippen LogP contribution in [0.1, 0.15) is 19.4 Å². The van der Waals surface area contributed by atoms with Gasteiger partial charge in [-0.1, -0.05) is 50.3 Å². The minimum atomic E-state index is -1.14. The van der Waals surface area contributed by atoms with E-state index in [0.717, 1.165) is 34.3 Å². The summed E-state index contributed by atoms with van der Waals surface area (Å²) in [6.07, 6.45) is 14.3. The molecule has 1 aliphatic heterocycles. The average Bonchev–Trinajstić information content (AvgIpc) is 3.41. The van der Waals surface area contributed by atoms with E-state index < -0.39 is 5.60 Å². The van der Waals surface area contributed by atoms with Gasteiger partial charge in [-0.25, -0.2) is 9.07 Å². The van der Waals surface area contributed by atoms with Crippen LogP contribution in [0.4, 0.5) is 4.39 Å². The number of aliphatic hydroxyl groups is 1. The zero-order valence-electron chi connectivity index (χ0n) is 18.9. The summed E-state index contributed by atoms with van der Waals surface area (Å²) in [6, 6.07) is 12.5. The molecule has 0 saturated carbocycles. The Kier molecular flexibility index (Phi) is 5.29. The number of hydrogen-bond donors (Lipinski definition) is 1. The van der Waals surface area contributed by atoms with Crippen molar-refractivity contribution < 1.29 is 9.50 Å². The van der Waals surface area contributed by atoms with E-state index >= 15 is 0 Å². The van der Waals surface area contributed by atoms with Gasteiger partial charge in [0.05, 0.1) is 23.4 Å². The Morgan fingerprint density at radius 2 is 1.91 bits per heavy atom. The molecule has 4 nitrogen and oxygen atoms in total. The highest BCUT2D eigenvalue weighted by atomic mass is 19.1. The number of nitrogens with zero attached hydrogens (tertiary/aromatic N) is 3. The van der Waals surface area contributed by atoms with Gasteiger partial charge in [0.15, 0.2) is 0 Å². The fourth-order valence-corrected chi connectivity index (χ4v) is 5.12. The quantitative estimate of drug-likeness (QED) is 0.513. The third-order valence-corrected chi connectivity index (χ3v) is 6.85. The maximum absolute atomic E-state index is 13.4. The maximum atomic E-state index is 13.4. The van der Waals surface area contributed by atoms with Crippen LogP contribution in [0.2, 0.25) is 0 Å². The number of rotatable bonds is 6. The highest BCUT2D eigenvalue weighted by Crippen LogP contribution is 2.47. The van der Waals surface area contributed by atoms with Crippen LogP contribution in [0.5, 0.6) is 0 Å². The van der Waals surface area contributed by atoms with Crippen LogP contribution < -0.4 is 0 Å². The molecule has 3 atom stereocenters. The van der Waals surface area contributed by atoms with Crippen molar-refractivity contribution >= 4 is 10.9 Å². The molecular formula is C28H28FN3O. The van der Waals surface area contributed by atoms with E-state index in [2.05, 4.69) is 60.9 Å². The third kappa shape index (κ3) is 3.44. The highest BCUT2D eigenvalue weighted by Gasteiger charge is 2.46. The first kappa shape index (κ1) is 21.4. The largest absolute Gasteiger partial charge is 0.380 e. The first-order valence-corrected chi connectivity index (χ1v) is 11.3. The van der Waals surface area contributed by atoms with Crippen molar-refractivity contribution in [1.82, 2.24) is 14.7 Å². The predicted octanol–water partition coefficient (Wildman–Crippen LogP) is 5.50. The molecule has 0 amide bonds. The summed E-state index contributed by atoms with van der Waals surface area (Å²) in [6.45, 7) is 8.74. The lowest BCUT2D eigenvalue weighted by Crippen LogP contribution is -2.38. The molecule has 5 rings (SSSR count). The van der Waals surface area contributed by atoms with Crippen LogP contribution in [-0.2, 0) is 5.60 Å². The van der Waals surface area contributed by atoms with E-state index in [-0.39, 0.29) is 23.7 Å². The molecule has 33 heavy (non-hydrogen) atoms. The monoisotopic (exact) mass is 441 g/mol. The lowest BCUT2D eigenvalue weighted by molar-refractivity contribution is 0.0212. The van der Waals surface area contributed by atoms with Crippen LogP contribution >= 0.6 is 0 Å². The summed E-state index contributed by atoms with van der Waals surface area (Å²) in [5.41, 5.74) is 2.40. The lowest BCUT2D eigenvalue weighted by atomic mass is 9.72. The molecule has 0 fully saturated rings. The second kappa shape index (κ2) is 8.16. The van der Waals surface area contributed by atoms with Crippen molar-refractivity contribution in [1.29, 1.82) is 0 Å². The Balaban J connectivity index is 1.59. The van der Waals surface area contributed by atoms with Gasteiger partial charge in [0.2, 0.25) is 0 Å². The van der Waals surface area contributed by atoms with Crippen LogP contribution in [0, 0.1) is 17.7 Å². The number of allylic oxidation sites excluding steroid dienone is 2. The van der Waals surface area contributed by atoms with Crippen LogP contribution in [-0.4, -0.2) is 32.4 Å². The molecule has 168 valence electrons. The number of hydrogen-bond acceptors (Lipinski definition) is 3. The van der Waals surface area contributed by atoms with E-state index in [0.29, 0.717) is 0 Å². The molecule has 1 N–H and O–H groups in total. The van der Waals surface area contributed by atoms with Gasteiger partial charge in [0.1, 0.15) is 11.4 Å². The normalized spacial score (nSPS) is 21.4. The number of fused-ring (bicyclic) bond motifs is 2. The Morgan fingerprint density at radius 1 is 1.15 bits per heavy atom. The maximum Gasteiger partial charge on any atom is 0.123 e. The summed E-state index contributed by atoms with van der Waals surface area (Å²) in [7, 11) is 0. The van der Waals surface area contributed by atoms with Crippen LogP contribution in [0.3, 0.4) is 0 Å². The van der Waals surface area contributed by atoms with Gasteiger partial charge in [0.25, 0.3) is 0 Å². The molecule has 0 radical (unpaired) electrons. The fraction of sp³-hybridized carbons (Fsp3) is 0.250. The van der Waals surface area contributed by atoms with Gasteiger partial charge in [-0.2, -0.15) is 5.10 Å². The van der Waals surface area contributed by atoms with Gasteiger partial charge < -0.3 is 10.0 Å². The molecule has 0 spiro atoms. The molecular weight excluding hydrogens is 413 g/mol. The van der Waals surface area contributed by atoms with Gasteiger partial charge in [0, 0.05) is 24.0 Å². The van der Waals surface area contributed by atoms with E-state index in [1.165, 1.54) is 12.1 Å². The van der Waals surface area contributed by atoms with E-state index in [1.807, 2.05) is 24.3 Å². The van der Waals surface area contributed by atoms with Crippen molar-refractivity contribution in [3.8, 4) is 5.69 Å². The number of aromatic nitrogens is 2. The van der Waals surface area contributed by atoms with Crippen molar-refractivity contribution in [3.05, 3.63) is 109 Å². The minimum absolute atomic E-state index is 0.0445. The second-order valence-corrected chi connectivity index (χ2v) is 9.08. The number of halogens is 1. The summed E-state index contributed by atoms with van der Waals surface area (Å²) in [4.78, 5) is 2.24. The molecule has 2 aliphatic rings. The predicted molar refractivity (Wildman–Crippen MR) is 130 cm³/mol. The van der Waals surface area contributed by atoms with Crippen molar-refractivity contribution in [2.75, 3.05) is 6.54 Å². The molecule has 0 saturated heterocycles. The first-order chi connectivity index (χ1) is 15.9. The van der Waals surface area contributed by atoms with Gasteiger partial charge >= 0.3 is 0 Å². The van der Waals surface area contributed by atoms with Gasteiger partial charge in [-0.15, -0.1) is 6.58 Å². The highest BCUT2D eigenvalue weighted by molar-refractivity contribution is 5.81. The van der Waals surface area contributed by atoms with Crippen molar-refractivity contribution in [2.45, 2.75) is 25.5 Å². The molecule has 3 unspecified atom stereocenters. The van der Waals surface area contributed by atoms with E-state index in [9.17, 15) is 9.50 Å². The van der Waals surface area contributed by atoms with Gasteiger partial charge in [-0.3, -0.25) is 0 Å². The van der Waals surface area contributed by atoms with Crippen LogP contribution in [0.25, 0.3) is 16.6 Å². The summed E-state index contributed by atoms with van der Waals surface area (Å²) >= 11 is 0. The Hall–Kier alpha value is -3.44. The SMILES string of the molecule is C=CCN1C=C(C(O)(c2ccc3c(cnn3-c3ccc(F)cc3)c2)C(C)C)C2C=CC=CC21. The smallest absolute Gasteiger partial charge is 0.123 e. The Labute approximate surface area is 193 Å². The summed E-state index contributed by atoms with van der Waals surface area (Å²) < 4.78 is 15.2. The van der Waals surface area contributed by atoms with E-state index in [1.54, 1.807) is 23.0 Å². The molecule has 2 aromatic carbocycles. The second-order valence-electron chi connectivity index (χ2n) is 9.08. The fourth-order valence-electron chi connectivity index (χ4n) is 5.12. The summed E-state index contributed by atoms with van der Waals surface area (Å²) in [5.74, 6) is -0.225. The van der Waals surface area contributed by atoms with E-state index in [4.69, 9.17) is 0 Å². The van der Waals surface area contributed by atoms with Crippen molar-refractivity contribution in [2.24, 2.45) is 11.8 Å². The molecule has 1 aliphatic carbocycles. The molecule has 1 aromatic heterocycles. The Morgan fingerprint density at radius 3 is 2.64 bits per heavy atom. The van der Waals surface area contributed by atoms with Crippen molar-refractivity contribution in [3.63, 3.8) is 0 Å². The number of benzene rings is 2. The molecule has 2 heterocycles. The third-order valence-electron chi connectivity index (χ3n) is 6.85. The molecule has 5 heteroatoms. The topological polar surface area (TPSA) is 41.3 Å². The standard InChI is InChI=1S/C28H28FN3O/c1-4-15-31-18-25(24-7-5-6-8-27(24)31)28(33,19(2)3)21-9-14-26-20(16-21)17-30-32(26)23-12-10-22(29)11-13-23/h4-14,16-19,24,27,33H,1,15H2,2-3H3.